The molecular formula is C27H32N2O2S. The van der Waals surface area contributed by atoms with Crippen molar-refractivity contribution in [2.45, 2.75) is 72.0 Å². The molecule has 32 heavy (non-hydrogen) atoms. The first kappa shape index (κ1) is 22.7. The van der Waals surface area contributed by atoms with Crippen LogP contribution < -0.4 is 4.90 Å². The molecule has 5 heteroatoms. The van der Waals surface area contributed by atoms with Crippen molar-refractivity contribution in [1.82, 2.24) is 4.90 Å². The van der Waals surface area contributed by atoms with Gasteiger partial charge in [-0.1, -0.05) is 42.8 Å². The molecule has 1 unspecified atom stereocenters. The predicted molar refractivity (Wildman–Crippen MR) is 134 cm³/mol. The van der Waals surface area contributed by atoms with E-state index in [1.807, 2.05) is 37.3 Å². The lowest BCUT2D eigenvalue weighted by Crippen LogP contribution is -2.51. The number of thioether (sulfide) groups is 1. The third kappa shape index (κ3) is 4.23. The number of nitrogens with zero attached hydrogens (tertiary/aromatic N) is 2. The van der Waals surface area contributed by atoms with E-state index in [4.69, 9.17) is 0 Å². The number of anilines is 1. The number of carbonyl (C=O) groups excluding carboxylic acids is 2. The van der Waals surface area contributed by atoms with Crippen LogP contribution in [0.2, 0.25) is 0 Å². The van der Waals surface area contributed by atoms with E-state index >= 15 is 0 Å². The summed E-state index contributed by atoms with van der Waals surface area (Å²) in [5, 5.41) is -0.208. The van der Waals surface area contributed by atoms with Gasteiger partial charge in [0.2, 0.25) is 0 Å². The SMILES string of the molecule is Cc1ccc(CN2C(=O)S/C(=C\c3ccc4c(c3)C(C)CC(C)(C)N4C(C)C)C2=O)cc1. The van der Waals surface area contributed by atoms with Crippen LogP contribution >= 0.6 is 11.8 Å². The molecule has 0 N–H and O–H groups in total. The van der Waals surface area contributed by atoms with Crippen LogP contribution in [0.5, 0.6) is 0 Å². The highest BCUT2D eigenvalue weighted by Gasteiger charge is 2.38. The molecule has 4 rings (SSSR count). The van der Waals surface area contributed by atoms with Crippen molar-refractivity contribution in [2.24, 2.45) is 0 Å². The van der Waals surface area contributed by atoms with E-state index in [0.29, 0.717) is 23.4 Å². The van der Waals surface area contributed by atoms with E-state index in [1.54, 1.807) is 0 Å². The Kier molecular flexibility index (Phi) is 5.97. The molecule has 2 aliphatic rings. The number of carbonyl (C=O) groups is 2. The average molecular weight is 449 g/mol. The van der Waals surface area contributed by atoms with Crippen LogP contribution in [0.4, 0.5) is 10.5 Å². The maximum absolute atomic E-state index is 13.0. The van der Waals surface area contributed by atoms with E-state index < -0.39 is 0 Å². The first-order valence-electron chi connectivity index (χ1n) is 11.3. The summed E-state index contributed by atoms with van der Waals surface area (Å²) in [5.74, 6) is 0.219. The molecule has 2 aliphatic heterocycles. The number of imide groups is 1. The molecule has 0 aromatic heterocycles. The lowest BCUT2D eigenvalue weighted by atomic mass is 9.79. The maximum Gasteiger partial charge on any atom is 0.293 e. The third-order valence-electron chi connectivity index (χ3n) is 6.45. The summed E-state index contributed by atoms with van der Waals surface area (Å²) >= 11 is 1.03. The molecule has 0 aliphatic carbocycles. The van der Waals surface area contributed by atoms with Gasteiger partial charge in [-0.3, -0.25) is 14.5 Å². The van der Waals surface area contributed by atoms with E-state index in [9.17, 15) is 9.59 Å². The zero-order valence-corrected chi connectivity index (χ0v) is 20.6. The fourth-order valence-corrected chi connectivity index (χ4v) is 6.04. The minimum absolute atomic E-state index is 0.0979. The Balaban J connectivity index is 1.61. The molecule has 2 amide bonds. The van der Waals surface area contributed by atoms with E-state index in [0.717, 1.165) is 34.9 Å². The fourth-order valence-electron chi connectivity index (χ4n) is 5.20. The Labute approximate surface area is 195 Å². The topological polar surface area (TPSA) is 40.6 Å². The number of aryl methyl sites for hydroxylation is 1. The minimum atomic E-state index is -0.212. The summed E-state index contributed by atoms with van der Waals surface area (Å²) in [4.78, 5) is 29.9. The number of benzene rings is 2. The van der Waals surface area contributed by atoms with Gasteiger partial charge < -0.3 is 4.90 Å². The molecule has 0 radical (unpaired) electrons. The van der Waals surface area contributed by atoms with Gasteiger partial charge in [0.15, 0.2) is 0 Å². The van der Waals surface area contributed by atoms with Crippen molar-refractivity contribution < 1.29 is 9.59 Å². The van der Waals surface area contributed by atoms with Gasteiger partial charge in [0.05, 0.1) is 11.4 Å². The number of hydrogen-bond acceptors (Lipinski definition) is 4. The van der Waals surface area contributed by atoms with Crippen LogP contribution in [0.25, 0.3) is 6.08 Å². The summed E-state index contributed by atoms with van der Waals surface area (Å²) < 4.78 is 0. The predicted octanol–water partition coefficient (Wildman–Crippen LogP) is 6.73. The smallest absolute Gasteiger partial charge is 0.293 e. The molecule has 4 nitrogen and oxygen atoms in total. The zero-order chi connectivity index (χ0) is 23.2. The maximum atomic E-state index is 13.0. The number of rotatable bonds is 4. The Bertz CT molecular complexity index is 1090. The van der Waals surface area contributed by atoms with Crippen molar-refractivity contribution in [3.63, 3.8) is 0 Å². The van der Waals surface area contributed by atoms with Crippen LogP contribution in [0.15, 0.2) is 47.4 Å². The molecule has 2 aromatic carbocycles. The Morgan fingerprint density at radius 3 is 2.47 bits per heavy atom. The highest BCUT2D eigenvalue weighted by atomic mass is 32.2. The first-order valence-corrected chi connectivity index (χ1v) is 12.1. The van der Waals surface area contributed by atoms with E-state index in [-0.39, 0.29) is 16.7 Å². The monoisotopic (exact) mass is 448 g/mol. The molecule has 0 spiro atoms. The van der Waals surface area contributed by atoms with Gasteiger partial charge in [0, 0.05) is 17.3 Å². The Morgan fingerprint density at radius 1 is 1.12 bits per heavy atom. The first-order chi connectivity index (χ1) is 15.1. The molecular weight excluding hydrogens is 416 g/mol. The minimum Gasteiger partial charge on any atom is -0.364 e. The Morgan fingerprint density at radius 2 is 1.81 bits per heavy atom. The summed E-state index contributed by atoms with van der Waals surface area (Å²) in [5.41, 5.74) is 5.77. The van der Waals surface area contributed by atoms with Gasteiger partial charge in [-0.05, 0) is 93.6 Å². The third-order valence-corrected chi connectivity index (χ3v) is 7.36. The van der Waals surface area contributed by atoms with Gasteiger partial charge in [-0.15, -0.1) is 0 Å². The summed E-state index contributed by atoms with van der Waals surface area (Å²) in [6.45, 7) is 13.7. The molecule has 0 saturated carbocycles. The standard InChI is InChI=1S/C27H32N2O2S/c1-17(2)29-23-12-11-21(13-22(23)19(4)15-27(29,5)6)14-24-25(30)28(26(31)32-24)16-20-9-7-18(3)8-10-20/h7-14,17,19H,15-16H2,1-6H3/b24-14-. The lowest BCUT2D eigenvalue weighted by Gasteiger charge is -2.50. The molecule has 168 valence electrons. The second-order valence-corrected chi connectivity index (χ2v) is 10.9. The normalized spacial score (nSPS) is 21.6. The van der Waals surface area contributed by atoms with Gasteiger partial charge in [-0.2, -0.15) is 0 Å². The quantitative estimate of drug-likeness (QED) is 0.486. The van der Waals surface area contributed by atoms with E-state index in [1.165, 1.54) is 16.2 Å². The van der Waals surface area contributed by atoms with Crippen LogP contribution in [0.1, 0.15) is 69.2 Å². The molecule has 2 heterocycles. The lowest BCUT2D eigenvalue weighted by molar-refractivity contribution is -0.123. The molecule has 1 atom stereocenters. The highest BCUT2D eigenvalue weighted by Crippen LogP contribution is 2.45. The van der Waals surface area contributed by atoms with E-state index in [2.05, 4.69) is 57.7 Å². The van der Waals surface area contributed by atoms with Crippen molar-refractivity contribution in [1.29, 1.82) is 0 Å². The van der Waals surface area contributed by atoms with Gasteiger partial charge in [0.1, 0.15) is 0 Å². The highest BCUT2D eigenvalue weighted by molar-refractivity contribution is 8.18. The number of hydrogen-bond donors (Lipinski definition) is 0. The van der Waals surface area contributed by atoms with Crippen LogP contribution in [0, 0.1) is 6.92 Å². The van der Waals surface area contributed by atoms with Crippen molar-refractivity contribution >= 4 is 34.7 Å². The molecule has 1 fully saturated rings. The van der Waals surface area contributed by atoms with Crippen LogP contribution in [-0.2, 0) is 11.3 Å². The number of fused-ring (bicyclic) bond motifs is 1. The summed E-state index contributed by atoms with van der Waals surface area (Å²) in [7, 11) is 0. The molecule has 0 bridgehead atoms. The molecule has 2 aromatic rings. The van der Waals surface area contributed by atoms with Crippen molar-refractivity contribution in [3.05, 3.63) is 69.6 Å². The second kappa shape index (κ2) is 8.43. The molecule has 1 saturated heterocycles. The van der Waals surface area contributed by atoms with Crippen molar-refractivity contribution in [2.75, 3.05) is 4.90 Å². The van der Waals surface area contributed by atoms with Crippen LogP contribution in [0.3, 0.4) is 0 Å². The van der Waals surface area contributed by atoms with Gasteiger partial charge >= 0.3 is 0 Å². The van der Waals surface area contributed by atoms with Crippen LogP contribution in [-0.4, -0.2) is 27.6 Å². The largest absolute Gasteiger partial charge is 0.364 e. The van der Waals surface area contributed by atoms with Crippen molar-refractivity contribution in [3.8, 4) is 0 Å². The fraction of sp³-hybridized carbons (Fsp3) is 0.407. The van der Waals surface area contributed by atoms with Gasteiger partial charge in [0.25, 0.3) is 11.1 Å². The summed E-state index contributed by atoms with van der Waals surface area (Å²) in [6, 6.07) is 14.8. The average Bonchev–Trinajstić information content (AvgIpc) is 2.96. The second-order valence-electron chi connectivity index (χ2n) is 9.95. The zero-order valence-electron chi connectivity index (χ0n) is 19.8. The Hall–Kier alpha value is -2.53. The van der Waals surface area contributed by atoms with Gasteiger partial charge in [-0.25, -0.2) is 0 Å². The number of amides is 2. The summed E-state index contributed by atoms with van der Waals surface area (Å²) in [6.07, 6.45) is 2.95.